The minimum Gasteiger partial charge on any atom is -0.459 e. The number of carbonyl (C=O) groups excluding carboxylic acids is 2. The average molecular weight is 477 g/mol. The van der Waals surface area contributed by atoms with Crippen molar-refractivity contribution in [1.29, 1.82) is 0 Å². The van der Waals surface area contributed by atoms with Crippen LogP contribution in [0.15, 0.2) is 57.0 Å². The van der Waals surface area contributed by atoms with Gasteiger partial charge in [-0.15, -0.1) is 0 Å². The van der Waals surface area contributed by atoms with Crippen molar-refractivity contribution in [1.82, 2.24) is 14.5 Å². The van der Waals surface area contributed by atoms with Crippen LogP contribution in [0.25, 0.3) is 0 Å². The Labute approximate surface area is 190 Å². The van der Waals surface area contributed by atoms with Crippen molar-refractivity contribution < 1.29 is 22.4 Å². The maximum atomic E-state index is 13.3. The molecule has 1 saturated heterocycles. The highest BCUT2D eigenvalue weighted by molar-refractivity contribution is 7.98. The molecule has 0 bridgehead atoms. The molecule has 1 aromatic carbocycles. The molecule has 1 N–H and O–H groups in total. The first kappa shape index (κ1) is 22.4. The number of amides is 2. The summed E-state index contributed by atoms with van der Waals surface area (Å²) in [6.07, 6.45) is 3.89. The third-order valence-corrected chi connectivity index (χ3v) is 7.48. The SMILES string of the molecule is CSCC[C@@H](N=C1NS(=O)(=O)c2ccccc21)C(=O)N1CCN(C(=O)c2ccco2)CC1. The summed E-state index contributed by atoms with van der Waals surface area (Å²) in [6.45, 7) is 1.56. The fourth-order valence-electron chi connectivity index (χ4n) is 3.76. The molecule has 9 nitrogen and oxygen atoms in total. The van der Waals surface area contributed by atoms with Crippen molar-refractivity contribution in [2.75, 3.05) is 38.2 Å². The van der Waals surface area contributed by atoms with Gasteiger partial charge in [0.15, 0.2) is 5.76 Å². The normalized spacial score (nSPS) is 19.5. The summed E-state index contributed by atoms with van der Waals surface area (Å²) in [7, 11) is -3.67. The van der Waals surface area contributed by atoms with E-state index in [4.69, 9.17) is 4.42 Å². The number of piperazine rings is 1. The lowest BCUT2D eigenvalue weighted by molar-refractivity contribution is -0.134. The molecular weight excluding hydrogens is 452 g/mol. The van der Waals surface area contributed by atoms with Gasteiger partial charge in [-0.2, -0.15) is 11.8 Å². The standard InChI is InChI=1S/C21H24N4O5S2/c1-31-14-8-16(22-19-15-5-2-3-7-18(15)32(28,29)23-19)20(26)24-9-11-25(12-10-24)21(27)17-6-4-13-30-17/h2-7,13,16H,8-12,14H2,1H3,(H,22,23)/t16-/m1/s1. The number of rotatable bonds is 6. The van der Waals surface area contributed by atoms with Crippen LogP contribution in [0, 0.1) is 0 Å². The summed E-state index contributed by atoms with van der Waals surface area (Å²) in [5, 5.41) is 0. The summed E-state index contributed by atoms with van der Waals surface area (Å²) < 4.78 is 32.4. The molecule has 0 aliphatic carbocycles. The highest BCUT2D eigenvalue weighted by atomic mass is 32.2. The van der Waals surface area contributed by atoms with Crippen LogP contribution in [0.4, 0.5) is 0 Å². The fourth-order valence-corrected chi connectivity index (χ4v) is 5.45. The molecule has 32 heavy (non-hydrogen) atoms. The molecule has 2 aliphatic rings. The predicted molar refractivity (Wildman–Crippen MR) is 121 cm³/mol. The molecule has 0 saturated carbocycles. The molecule has 11 heteroatoms. The van der Waals surface area contributed by atoms with E-state index in [-0.39, 0.29) is 28.3 Å². The number of hydrogen-bond donors (Lipinski definition) is 1. The molecular formula is C21H24N4O5S2. The van der Waals surface area contributed by atoms with Crippen molar-refractivity contribution in [3.05, 3.63) is 54.0 Å². The van der Waals surface area contributed by atoms with E-state index in [1.54, 1.807) is 51.9 Å². The first-order chi connectivity index (χ1) is 15.4. The van der Waals surface area contributed by atoms with Gasteiger partial charge in [0.05, 0.1) is 11.2 Å². The van der Waals surface area contributed by atoms with Crippen LogP contribution in [-0.2, 0) is 14.8 Å². The Hall–Kier alpha value is -2.79. The first-order valence-corrected chi connectivity index (χ1v) is 13.1. The number of thioether (sulfide) groups is 1. The lowest BCUT2D eigenvalue weighted by Crippen LogP contribution is -2.52. The van der Waals surface area contributed by atoms with E-state index >= 15 is 0 Å². The van der Waals surface area contributed by atoms with Gasteiger partial charge in [-0.1, -0.05) is 12.1 Å². The smallest absolute Gasteiger partial charge is 0.289 e. The molecule has 0 spiro atoms. The van der Waals surface area contributed by atoms with Crippen LogP contribution in [0.1, 0.15) is 22.5 Å². The molecule has 4 rings (SSSR count). The molecule has 1 aromatic heterocycles. The molecule has 1 atom stereocenters. The Morgan fingerprint density at radius 1 is 1.12 bits per heavy atom. The minimum atomic E-state index is -3.67. The van der Waals surface area contributed by atoms with Gasteiger partial charge in [-0.05, 0) is 42.7 Å². The monoisotopic (exact) mass is 476 g/mol. The number of amidine groups is 1. The summed E-state index contributed by atoms with van der Waals surface area (Å²) in [5.74, 6) is 0.824. The molecule has 2 aromatic rings. The molecule has 170 valence electrons. The molecule has 2 amide bonds. The molecule has 0 unspecified atom stereocenters. The maximum absolute atomic E-state index is 13.3. The Kier molecular flexibility index (Phi) is 6.56. The van der Waals surface area contributed by atoms with Gasteiger partial charge in [-0.3, -0.25) is 19.3 Å². The third-order valence-electron chi connectivity index (χ3n) is 5.44. The number of nitrogens with one attached hydrogen (secondary N) is 1. The Bertz CT molecular complexity index is 1120. The fraction of sp³-hybridized carbons (Fsp3) is 0.381. The lowest BCUT2D eigenvalue weighted by Gasteiger charge is -2.35. The molecule has 3 heterocycles. The number of fused-ring (bicyclic) bond motifs is 1. The van der Waals surface area contributed by atoms with E-state index < -0.39 is 16.1 Å². The number of furan rings is 1. The Morgan fingerprint density at radius 3 is 2.53 bits per heavy atom. The second-order valence-electron chi connectivity index (χ2n) is 7.47. The molecule has 1 fully saturated rings. The average Bonchev–Trinajstić information content (AvgIpc) is 3.43. The van der Waals surface area contributed by atoms with Crippen molar-refractivity contribution >= 4 is 39.4 Å². The molecule has 0 radical (unpaired) electrons. The van der Waals surface area contributed by atoms with Crippen LogP contribution in [0.5, 0.6) is 0 Å². The van der Waals surface area contributed by atoms with Gasteiger partial charge in [0.2, 0.25) is 5.91 Å². The Morgan fingerprint density at radius 2 is 1.84 bits per heavy atom. The van der Waals surface area contributed by atoms with Gasteiger partial charge >= 0.3 is 0 Å². The number of hydrogen-bond acceptors (Lipinski definition) is 7. The summed E-state index contributed by atoms with van der Waals surface area (Å²) >= 11 is 1.60. The van der Waals surface area contributed by atoms with Gasteiger partial charge in [0.25, 0.3) is 15.9 Å². The van der Waals surface area contributed by atoms with Gasteiger partial charge in [0.1, 0.15) is 11.9 Å². The van der Waals surface area contributed by atoms with Crippen LogP contribution in [0.2, 0.25) is 0 Å². The topological polar surface area (TPSA) is 112 Å². The van der Waals surface area contributed by atoms with Crippen molar-refractivity contribution in [2.24, 2.45) is 4.99 Å². The summed E-state index contributed by atoms with van der Waals surface area (Å²) in [5.41, 5.74) is 0.475. The zero-order valence-corrected chi connectivity index (χ0v) is 19.2. The van der Waals surface area contributed by atoms with Crippen LogP contribution < -0.4 is 4.72 Å². The number of nitrogens with zero attached hydrogens (tertiary/aromatic N) is 3. The van der Waals surface area contributed by atoms with Gasteiger partial charge in [0, 0.05) is 31.7 Å². The predicted octanol–water partition coefficient (Wildman–Crippen LogP) is 1.42. The first-order valence-electron chi connectivity index (χ1n) is 10.2. The highest BCUT2D eigenvalue weighted by Crippen LogP contribution is 2.23. The van der Waals surface area contributed by atoms with Gasteiger partial charge in [-0.25, -0.2) is 8.42 Å². The van der Waals surface area contributed by atoms with E-state index in [1.807, 2.05) is 6.26 Å². The van der Waals surface area contributed by atoms with Gasteiger partial charge < -0.3 is 14.2 Å². The van der Waals surface area contributed by atoms with Crippen LogP contribution >= 0.6 is 11.8 Å². The number of carbonyl (C=O) groups is 2. The zero-order valence-electron chi connectivity index (χ0n) is 17.6. The van der Waals surface area contributed by atoms with E-state index in [9.17, 15) is 18.0 Å². The van der Waals surface area contributed by atoms with Crippen molar-refractivity contribution in [3.8, 4) is 0 Å². The largest absolute Gasteiger partial charge is 0.459 e. The number of sulfonamides is 1. The van der Waals surface area contributed by atoms with E-state index in [0.717, 1.165) is 0 Å². The van der Waals surface area contributed by atoms with Crippen LogP contribution in [0.3, 0.4) is 0 Å². The van der Waals surface area contributed by atoms with E-state index in [0.29, 0.717) is 43.9 Å². The number of benzene rings is 1. The second-order valence-corrected chi connectivity index (χ2v) is 10.1. The van der Waals surface area contributed by atoms with Crippen molar-refractivity contribution in [2.45, 2.75) is 17.4 Å². The van der Waals surface area contributed by atoms with Crippen molar-refractivity contribution in [3.63, 3.8) is 0 Å². The Balaban J connectivity index is 1.49. The zero-order chi connectivity index (χ0) is 22.7. The lowest BCUT2D eigenvalue weighted by atomic mass is 10.1. The summed E-state index contributed by atoms with van der Waals surface area (Å²) in [6, 6.07) is 9.17. The van der Waals surface area contributed by atoms with E-state index in [1.165, 1.54) is 12.3 Å². The second kappa shape index (κ2) is 9.37. The maximum Gasteiger partial charge on any atom is 0.289 e. The third kappa shape index (κ3) is 4.53. The minimum absolute atomic E-state index is 0.166. The summed E-state index contributed by atoms with van der Waals surface area (Å²) in [4.78, 5) is 33.8. The van der Waals surface area contributed by atoms with E-state index in [2.05, 4.69) is 9.71 Å². The highest BCUT2D eigenvalue weighted by Gasteiger charge is 2.34. The molecule has 2 aliphatic heterocycles. The number of aliphatic imine (C=N–C) groups is 1. The van der Waals surface area contributed by atoms with Crippen LogP contribution in [-0.4, -0.2) is 80.1 Å². The quantitative estimate of drug-likeness (QED) is 0.675.